The summed E-state index contributed by atoms with van der Waals surface area (Å²) in [5, 5.41) is 2.55. The van der Waals surface area contributed by atoms with Gasteiger partial charge in [0.1, 0.15) is 0 Å². The number of benzene rings is 4. The van der Waals surface area contributed by atoms with Gasteiger partial charge in [0, 0.05) is 0 Å². The quantitative estimate of drug-likeness (QED) is 0.354. The third kappa shape index (κ3) is 3.21. The van der Waals surface area contributed by atoms with Gasteiger partial charge in [-0.1, -0.05) is 0 Å². The van der Waals surface area contributed by atoms with E-state index in [-0.39, 0.29) is 0 Å². The van der Waals surface area contributed by atoms with Crippen molar-refractivity contribution in [1.82, 2.24) is 0 Å². The third-order valence-electron chi connectivity index (χ3n) is 4.63. The van der Waals surface area contributed by atoms with Crippen LogP contribution in [0.5, 0.6) is 0 Å². The van der Waals surface area contributed by atoms with E-state index in [1.165, 1.54) is 18.6 Å². The van der Waals surface area contributed by atoms with E-state index >= 15 is 0 Å². The van der Waals surface area contributed by atoms with E-state index in [1.807, 2.05) is 0 Å². The van der Waals surface area contributed by atoms with Crippen molar-refractivity contribution >= 4 is 26.6 Å². The van der Waals surface area contributed by atoms with Gasteiger partial charge in [-0.2, -0.15) is 0 Å². The predicted molar refractivity (Wildman–Crippen MR) is 114 cm³/mol. The van der Waals surface area contributed by atoms with Crippen LogP contribution in [0, 0.1) is 5.21 Å². The van der Waals surface area contributed by atoms with Gasteiger partial charge >= 0.3 is 159 Å². The Kier molecular flexibility index (Phi) is 4.95. The van der Waals surface area contributed by atoms with Crippen molar-refractivity contribution in [2.45, 2.75) is 0 Å². The molecule has 0 atom stereocenters. The maximum atomic E-state index is 2.55. The van der Waals surface area contributed by atoms with E-state index in [0.717, 1.165) is 0 Å². The van der Waals surface area contributed by atoms with Gasteiger partial charge in [0.05, 0.1) is 0 Å². The molecule has 0 aromatic heterocycles. The molecule has 0 heterocycles. The Morgan fingerprint density at radius 1 is 0.385 bits per heavy atom. The summed E-state index contributed by atoms with van der Waals surface area (Å²) in [6.45, 7) is 0. The van der Waals surface area contributed by atoms with Crippen molar-refractivity contribution in [3.8, 4) is 0 Å². The molecule has 0 unspecified atom stereocenters. The monoisotopic (exact) mass is 396 g/mol. The van der Waals surface area contributed by atoms with Crippen LogP contribution < -0.4 is 13.1 Å². The van der Waals surface area contributed by atoms with Crippen LogP contribution in [0.4, 0.5) is 0 Å². The van der Waals surface area contributed by atoms with E-state index in [4.69, 9.17) is 0 Å². The van der Waals surface area contributed by atoms with E-state index in [2.05, 4.69) is 127 Å². The maximum absolute atomic E-state index is 2.75. The zero-order valence-corrected chi connectivity index (χ0v) is 16.4. The molecule has 0 spiro atoms. The van der Waals surface area contributed by atoms with Gasteiger partial charge in [-0.3, -0.25) is 0 Å². The first-order chi connectivity index (χ1) is 12.9. The first-order valence-corrected chi connectivity index (χ1v) is 12.8. The minimum atomic E-state index is -2.75. The van der Waals surface area contributed by atoms with E-state index in [0.29, 0.717) is 0 Å². The van der Waals surface area contributed by atoms with Crippen molar-refractivity contribution in [2.75, 3.05) is 0 Å². The fourth-order valence-electron chi connectivity index (χ4n) is 3.42. The molecule has 0 fully saturated rings. The summed E-state index contributed by atoms with van der Waals surface area (Å²) >= 11 is -2.75. The van der Waals surface area contributed by atoms with Crippen LogP contribution in [0.1, 0.15) is 5.56 Å². The van der Waals surface area contributed by atoms with Gasteiger partial charge in [-0.15, -0.1) is 0 Å². The van der Waals surface area contributed by atoms with E-state index < -0.39 is 13.6 Å². The third-order valence-corrected chi connectivity index (χ3v) is 13.1. The normalized spacial score (nSPS) is 11.1. The Hall–Kier alpha value is -2.69. The molecule has 0 amide bonds. The number of hydrogen-bond donors (Lipinski definition) is 0. The summed E-state index contributed by atoms with van der Waals surface area (Å²) in [5.74, 6) is 0. The van der Waals surface area contributed by atoms with Crippen LogP contribution in [0.15, 0.2) is 121 Å². The van der Waals surface area contributed by atoms with Crippen LogP contribution in [-0.2, 0) is 0 Å². The Labute approximate surface area is 158 Å². The summed E-state index contributed by atoms with van der Waals surface area (Å²) in [6.07, 6.45) is 0. The summed E-state index contributed by atoms with van der Waals surface area (Å²) in [4.78, 5) is 0. The van der Waals surface area contributed by atoms with Crippen LogP contribution in [0.2, 0.25) is 0 Å². The summed E-state index contributed by atoms with van der Waals surface area (Å²) in [6, 6.07) is 43.8. The average Bonchev–Trinajstić information content (AvgIpc) is 2.75. The molecule has 0 bridgehead atoms. The van der Waals surface area contributed by atoms with Gasteiger partial charge in [-0.05, 0) is 0 Å². The molecule has 4 rings (SSSR count). The summed E-state index contributed by atoms with van der Waals surface area (Å²) in [7, 11) is 0. The molecule has 0 aliphatic rings. The standard InChI is InChI=1S/C25H21As/c1-5-13-22(14-6-1)21-26(23-15-7-2-8-16-23,24-17-9-3-10-18-24)25-19-11-4-12-20-25/h1-21H/q-1. The summed E-state index contributed by atoms with van der Waals surface area (Å²) < 4.78 is 4.31. The first kappa shape index (κ1) is 16.8. The molecule has 1 heteroatoms. The van der Waals surface area contributed by atoms with Crippen molar-refractivity contribution in [1.29, 1.82) is 0 Å². The second-order valence-corrected chi connectivity index (χ2v) is 13.1. The van der Waals surface area contributed by atoms with Crippen molar-refractivity contribution in [3.63, 3.8) is 0 Å². The fraction of sp³-hybridized carbons (Fsp3) is 0. The van der Waals surface area contributed by atoms with E-state index in [1.54, 1.807) is 0 Å². The van der Waals surface area contributed by atoms with Crippen molar-refractivity contribution in [2.24, 2.45) is 0 Å². The molecular weight excluding hydrogens is 375 g/mol. The molecule has 1 radical (unpaired) electrons. The molecule has 0 N–H and O–H groups in total. The second-order valence-electron chi connectivity index (χ2n) is 6.27. The summed E-state index contributed by atoms with van der Waals surface area (Å²) in [5.41, 5.74) is 1.29. The molecule has 4 aromatic rings. The molecule has 0 nitrogen and oxygen atoms in total. The zero-order chi connectivity index (χ0) is 17.7. The van der Waals surface area contributed by atoms with Gasteiger partial charge in [0.15, 0.2) is 0 Å². The van der Waals surface area contributed by atoms with Gasteiger partial charge < -0.3 is 0 Å². The Bertz CT molecular complexity index is 836. The Morgan fingerprint density at radius 3 is 1.04 bits per heavy atom. The SMILES string of the molecule is c1ccc([CH-][As](c2ccccc2)(c2ccccc2)c2ccccc2)cc1. The van der Waals surface area contributed by atoms with Crippen molar-refractivity contribution in [3.05, 3.63) is 132 Å². The van der Waals surface area contributed by atoms with Crippen LogP contribution in [0.3, 0.4) is 0 Å². The fourth-order valence-corrected chi connectivity index (χ4v) is 11.6. The second kappa shape index (κ2) is 7.68. The average molecular weight is 396 g/mol. The first-order valence-electron chi connectivity index (χ1n) is 8.86. The van der Waals surface area contributed by atoms with Crippen LogP contribution in [0.25, 0.3) is 0 Å². The molecular formula is C25H21As-. The van der Waals surface area contributed by atoms with Gasteiger partial charge in [0.25, 0.3) is 0 Å². The van der Waals surface area contributed by atoms with Crippen LogP contribution >= 0.6 is 0 Å². The van der Waals surface area contributed by atoms with Crippen LogP contribution in [-0.4, -0.2) is 13.6 Å². The predicted octanol–water partition coefficient (Wildman–Crippen LogP) is 3.95. The Balaban J connectivity index is 2.00. The van der Waals surface area contributed by atoms with Gasteiger partial charge in [-0.25, -0.2) is 0 Å². The minimum absolute atomic E-state index is 1.29. The molecule has 0 saturated carbocycles. The Morgan fingerprint density at radius 2 is 0.692 bits per heavy atom. The zero-order valence-electron chi connectivity index (χ0n) is 14.6. The topological polar surface area (TPSA) is 0 Å². The van der Waals surface area contributed by atoms with E-state index in [9.17, 15) is 0 Å². The molecule has 0 aliphatic heterocycles. The van der Waals surface area contributed by atoms with Gasteiger partial charge in [0.2, 0.25) is 0 Å². The molecule has 127 valence electrons. The number of hydrogen-bond acceptors (Lipinski definition) is 0. The molecule has 0 saturated heterocycles. The molecule has 0 aliphatic carbocycles. The molecule has 4 aromatic carbocycles. The molecule has 26 heavy (non-hydrogen) atoms. The number of rotatable bonds is 5. The van der Waals surface area contributed by atoms with Crippen molar-refractivity contribution < 1.29 is 0 Å².